The lowest BCUT2D eigenvalue weighted by molar-refractivity contribution is -0.136. The standard InChI is InChI=1S/C18H22O5/c1-10(5-9-15(20)21)4-6-13-17(22)16-12(7-8-14(16)19)11(2)18(13)23-3/h4,22H,5-9H2,1-3H3,(H,20,21)/b10-4+. The summed E-state index contributed by atoms with van der Waals surface area (Å²) < 4.78 is 5.45. The zero-order chi connectivity index (χ0) is 17.1. The SMILES string of the molecule is COc1c(C)c2c(c(O)c1C/C=C(\C)CCC(=O)O)C(=O)CC2. The molecule has 0 atom stereocenters. The van der Waals surface area contributed by atoms with Gasteiger partial charge >= 0.3 is 5.97 Å². The molecule has 0 aliphatic heterocycles. The van der Waals surface area contributed by atoms with Gasteiger partial charge in [0.05, 0.1) is 12.7 Å². The van der Waals surface area contributed by atoms with Gasteiger partial charge in [-0.3, -0.25) is 9.59 Å². The summed E-state index contributed by atoms with van der Waals surface area (Å²) in [5.74, 6) is -0.251. The van der Waals surface area contributed by atoms with Crippen molar-refractivity contribution in [1.82, 2.24) is 0 Å². The Labute approximate surface area is 135 Å². The van der Waals surface area contributed by atoms with Crippen LogP contribution in [0.2, 0.25) is 0 Å². The summed E-state index contributed by atoms with van der Waals surface area (Å²) in [7, 11) is 1.55. The van der Waals surface area contributed by atoms with Crippen molar-refractivity contribution in [2.45, 2.75) is 46.0 Å². The molecule has 23 heavy (non-hydrogen) atoms. The summed E-state index contributed by atoms with van der Waals surface area (Å²) in [5.41, 5.74) is 3.72. The number of carboxylic acids is 1. The minimum Gasteiger partial charge on any atom is -0.507 e. The topological polar surface area (TPSA) is 83.8 Å². The van der Waals surface area contributed by atoms with Crippen molar-refractivity contribution < 1.29 is 24.5 Å². The van der Waals surface area contributed by atoms with Crippen molar-refractivity contribution in [3.63, 3.8) is 0 Å². The first kappa shape index (κ1) is 17.1. The number of carbonyl (C=O) groups excluding carboxylic acids is 1. The van der Waals surface area contributed by atoms with Crippen LogP contribution in [0.3, 0.4) is 0 Å². The summed E-state index contributed by atoms with van der Waals surface area (Å²) >= 11 is 0. The molecule has 0 spiro atoms. The van der Waals surface area contributed by atoms with Gasteiger partial charge in [-0.15, -0.1) is 0 Å². The molecule has 2 rings (SSSR count). The number of phenols is 1. The monoisotopic (exact) mass is 318 g/mol. The van der Waals surface area contributed by atoms with Gasteiger partial charge < -0.3 is 14.9 Å². The summed E-state index contributed by atoms with van der Waals surface area (Å²) in [6, 6.07) is 0. The number of carbonyl (C=O) groups is 2. The predicted molar refractivity (Wildman–Crippen MR) is 86.4 cm³/mol. The minimum atomic E-state index is -0.836. The molecule has 0 heterocycles. The number of Topliss-reactive ketones (excluding diaryl/α,β-unsaturated/α-hetero) is 1. The van der Waals surface area contributed by atoms with Gasteiger partial charge in [0.1, 0.15) is 11.5 Å². The van der Waals surface area contributed by atoms with Gasteiger partial charge in [-0.05, 0) is 44.2 Å². The van der Waals surface area contributed by atoms with E-state index in [0.717, 1.165) is 16.7 Å². The fourth-order valence-corrected chi connectivity index (χ4v) is 3.08. The number of ketones is 1. The van der Waals surface area contributed by atoms with E-state index in [-0.39, 0.29) is 18.0 Å². The zero-order valence-corrected chi connectivity index (χ0v) is 13.7. The Morgan fingerprint density at radius 3 is 2.61 bits per heavy atom. The van der Waals surface area contributed by atoms with E-state index in [0.29, 0.717) is 42.6 Å². The molecule has 1 aliphatic rings. The van der Waals surface area contributed by atoms with Crippen LogP contribution in [0.15, 0.2) is 11.6 Å². The van der Waals surface area contributed by atoms with E-state index < -0.39 is 5.97 Å². The van der Waals surface area contributed by atoms with Crippen molar-refractivity contribution in [3.05, 3.63) is 33.9 Å². The van der Waals surface area contributed by atoms with E-state index in [9.17, 15) is 14.7 Å². The second-order valence-corrected chi connectivity index (χ2v) is 5.91. The molecule has 1 aliphatic carbocycles. The maximum Gasteiger partial charge on any atom is 0.303 e. The molecule has 5 nitrogen and oxygen atoms in total. The molecule has 124 valence electrons. The van der Waals surface area contributed by atoms with E-state index in [1.165, 1.54) is 0 Å². The number of benzene rings is 1. The molecule has 0 saturated carbocycles. The number of hydrogen-bond donors (Lipinski definition) is 2. The molecule has 1 aromatic rings. The van der Waals surface area contributed by atoms with Gasteiger partial charge in [-0.1, -0.05) is 11.6 Å². The Balaban J connectivity index is 2.37. The number of fused-ring (bicyclic) bond motifs is 1. The van der Waals surface area contributed by atoms with Crippen LogP contribution < -0.4 is 4.74 Å². The van der Waals surface area contributed by atoms with Crippen molar-refractivity contribution in [2.75, 3.05) is 7.11 Å². The first-order chi connectivity index (χ1) is 10.9. The van der Waals surface area contributed by atoms with Crippen molar-refractivity contribution in [2.24, 2.45) is 0 Å². The maximum atomic E-state index is 12.0. The van der Waals surface area contributed by atoms with E-state index in [2.05, 4.69) is 0 Å². The molecule has 0 fully saturated rings. The predicted octanol–water partition coefficient (Wildman–Crippen LogP) is 3.19. The average Bonchev–Trinajstić information content (AvgIpc) is 2.89. The summed E-state index contributed by atoms with van der Waals surface area (Å²) in [6.07, 6.45) is 3.88. The first-order valence-corrected chi connectivity index (χ1v) is 7.68. The number of allylic oxidation sites excluding steroid dienone is 2. The van der Waals surface area contributed by atoms with Gasteiger partial charge in [0.15, 0.2) is 5.78 Å². The normalized spacial score (nSPS) is 14.0. The van der Waals surface area contributed by atoms with Crippen LogP contribution in [0.5, 0.6) is 11.5 Å². The fraction of sp³-hybridized carbons (Fsp3) is 0.444. The lowest BCUT2D eigenvalue weighted by atomic mass is 9.94. The number of phenolic OH excluding ortho intramolecular Hbond substituents is 1. The average molecular weight is 318 g/mol. The third-order valence-electron chi connectivity index (χ3n) is 4.36. The molecule has 2 N–H and O–H groups in total. The Hall–Kier alpha value is -2.30. The highest BCUT2D eigenvalue weighted by Gasteiger charge is 2.30. The van der Waals surface area contributed by atoms with Crippen LogP contribution in [0.1, 0.15) is 53.2 Å². The molecular weight excluding hydrogens is 296 g/mol. The number of aromatic hydroxyl groups is 1. The van der Waals surface area contributed by atoms with E-state index in [4.69, 9.17) is 9.84 Å². The molecule has 0 aromatic heterocycles. The highest BCUT2D eigenvalue weighted by Crippen LogP contribution is 2.42. The fourth-order valence-electron chi connectivity index (χ4n) is 3.08. The zero-order valence-electron chi connectivity index (χ0n) is 13.7. The van der Waals surface area contributed by atoms with Crippen molar-refractivity contribution >= 4 is 11.8 Å². The molecule has 1 aromatic carbocycles. The van der Waals surface area contributed by atoms with Gasteiger partial charge in [-0.25, -0.2) is 0 Å². The second-order valence-electron chi connectivity index (χ2n) is 5.91. The summed E-state index contributed by atoms with van der Waals surface area (Å²) in [4.78, 5) is 22.6. The van der Waals surface area contributed by atoms with Crippen molar-refractivity contribution in [3.8, 4) is 11.5 Å². The Bertz CT molecular complexity index is 685. The van der Waals surface area contributed by atoms with Gasteiger partial charge in [0.2, 0.25) is 0 Å². The van der Waals surface area contributed by atoms with Crippen LogP contribution >= 0.6 is 0 Å². The van der Waals surface area contributed by atoms with Crippen LogP contribution in [0.25, 0.3) is 0 Å². The molecule has 0 unspecified atom stereocenters. The van der Waals surface area contributed by atoms with Crippen molar-refractivity contribution in [1.29, 1.82) is 0 Å². The Morgan fingerprint density at radius 1 is 1.30 bits per heavy atom. The molecule has 5 heteroatoms. The van der Waals surface area contributed by atoms with Crippen LogP contribution in [0, 0.1) is 6.92 Å². The number of rotatable bonds is 6. The second kappa shape index (κ2) is 6.86. The molecule has 0 radical (unpaired) electrons. The Kier molecular flexibility index (Phi) is 5.08. The highest BCUT2D eigenvalue weighted by atomic mass is 16.5. The van der Waals surface area contributed by atoms with Crippen LogP contribution in [-0.4, -0.2) is 29.1 Å². The number of methoxy groups -OCH3 is 1. The maximum absolute atomic E-state index is 12.0. The van der Waals surface area contributed by atoms with Gasteiger partial charge in [0, 0.05) is 18.4 Å². The number of ether oxygens (including phenoxy) is 1. The lowest BCUT2D eigenvalue weighted by Gasteiger charge is -2.17. The van der Waals surface area contributed by atoms with Gasteiger partial charge in [-0.2, -0.15) is 0 Å². The molecule has 0 bridgehead atoms. The quantitative estimate of drug-likeness (QED) is 0.787. The van der Waals surface area contributed by atoms with Crippen LogP contribution in [-0.2, 0) is 17.6 Å². The summed E-state index contributed by atoms with van der Waals surface area (Å²) in [6.45, 7) is 3.76. The van der Waals surface area contributed by atoms with E-state index >= 15 is 0 Å². The van der Waals surface area contributed by atoms with E-state index in [1.54, 1.807) is 7.11 Å². The van der Waals surface area contributed by atoms with Gasteiger partial charge in [0.25, 0.3) is 0 Å². The molecule has 0 amide bonds. The molecule has 0 saturated heterocycles. The number of aliphatic carboxylic acids is 1. The van der Waals surface area contributed by atoms with E-state index in [1.807, 2.05) is 19.9 Å². The third-order valence-corrected chi connectivity index (χ3v) is 4.36. The third kappa shape index (κ3) is 3.38. The minimum absolute atomic E-state index is 0.00670. The Morgan fingerprint density at radius 2 is 2.00 bits per heavy atom. The molecular formula is C18H22O5. The number of hydrogen-bond acceptors (Lipinski definition) is 4. The highest BCUT2D eigenvalue weighted by molar-refractivity contribution is 6.04. The first-order valence-electron chi connectivity index (χ1n) is 7.68. The largest absolute Gasteiger partial charge is 0.507 e. The lowest BCUT2D eigenvalue weighted by Crippen LogP contribution is -2.03. The van der Waals surface area contributed by atoms with Crippen LogP contribution in [0.4, 0.5) is 0 Å². The summed E-state index contributed by atoms with van der Waals surface area (Å²) in [5, 5.41) is 19.2. The number of carboxylic acid groups (broad SMARTS) is 1. The smallest absolute Gasteiger partial charge is 0.303 e.